The number of imidazole rings is 1. The number of rotatable bonds is 4. The Labute approximate surface area is 238 Å². The van der Waals surface area contributed by atoms with Crippen LogP contribution in [-0.2, 0) is 0 Å². The van der Waals surface area contributed by atoms with Gasteiger partial charge in [-0.3, -0.25) is 4.57 Å². The van der Waals surface area contributed by atoms with E-state index in [1.807, 2.05) is 18.2 Å². The molecule has 0 spiro atoms. The van der Waals surface area contributed by atoms with E-state index < -0.39 is 0 Å². The van der Waals surface area contributed by atoms with E-state index in [4.69, 9.17) is 9.40 Å². The van der Waals surface area contributed by atoms with Crippen LogP contribution < -0.4 is 0 Å². The summed E-state index contributed by atoms with van der Waals surface area (Å²) in [5, 5.41) is 2.20. The molecular formula is C38H26N2O. The lowest BCUT2D eigenvalue weighted by atomic mass is 9.97. The highest BCUT2D eigenvalue weighted by Gasteiger charge is 2.21. The molecule has 2 heterocycles. The standard InChI is InChI=1S/C38H26N2O/c1-25-18-20-27(21-19-25)29-23-22-28(26-10-3-2-4-11-26)24-35(29)40-34-16-7-6-15-33(34)39-38(40)32-14-9-13-31-30-12-5-8-17-36(30)41-37(31)32/h2-24H,1H3. The van der Waals surface area contributed by atoms with Crippen LogP contribution in [0.25, 0.3) is 72.3 Å². The molecule has 8 rings (SSSR count). The third-order valence-electron chi connectivity index (χ3n) is 7.91. The molecule has 0 saturated heterocycles. The summed E-state index contributed by atoms with van der Waals surface area (Å²) in [4.78, 5) is 5.23. The highest BCUT2D eigenvalue weighted by atomic mass is 16.3. The summed E-state index contributed by atoms with van der Waals surface area (Å²) in [6, 6.07) is 49.0. The zero-order valence-corrected chi connectivity index (χ0v) is 22.6. The van der Waals surface area contributed by atoms with Crippen molar-refractivity contribution >= 4 is 33.0 Å². The van der Waals surface area contributed by atoms with Gasteiger partial charge in [-0.2, -0.15) is 0 Å². The van der Waals surface area contributed by atoms with Crippen molar-refractivity contribution in [1.29, 1.82) is 0 Å². The van der Waals surface area contributed by atoms with Crippen molar-refractivity contribution in [2.45, 2.75) is 6.92 Å². The number of nitrogens with zero attached hydrogens (tertiary/aromatic N) is 2. The molecule has 0 aliphatic rings. The van der Waals surface area contributed by atoms with Crippen molar-refractivity contribution in [2.75, 3.05) is 0 Å². The van der Waals surface area contributed by atoms with Gasteiger partial charge in [0.25, 0.3) is 0 Å². The van der Waals surface area contributed by atoms with E-state index in [0.29, 0.717) is 0 Å². The number of aromatic nitrogens is 2. The molecule has 0 aliphatic heterocycles. The quantitative estimate of drug-likeness (QED) is 0.228. The van der Waals surface area contributed by atoms with Crippen LogP contribution in [-0.4, -0.2) is 9.55 Å². The number of benzene rings is 6. The van der Waals surface area contributed by atoms with Gasteiger partial charge in [-0.1, -0.05) is 115 Å². The van der Waals surface area contributed by atoms with Crippen LogP contribution in [0.5, 0.6) is 0 Å². The molecule has 3 nitrogen and oxygen atoms in total. The van der Waals surface area contributed by atoms with Crippen molar-refractivity contribution in [3.05, 3.63) is 145 Å². The minimum Gasteiger partial charge on any atom is -0.455 e. The molecule has 8 aromatic rings. The fraction of sp³-hybridized carbons (Fsp3) is 0.0263. The number of fused-ring (bicyclic) bond motifs is 4. The molecule has 0 saturated carbocycles. The Balaban J connectivity index is 1.47. The van der Waals surface area contributed by atoms with E-state index in [-0.39, 0.29) is 0 Å². The normalized spacial score (nSPS) is 11.5. The molecular weight excluding hydrogens is 500 g/mol. The molecule has 3 heteroatoms. The predicted molar refractivity (Wildman–Crippen MR) is 169 cm³/mol. The molecule has 0 unspecified atom stereocenters. The highest BCUT2D eigenvalue weighted by Crippen LogP contribution is 2.40. The predicted octanol–water partition coefficient (Wildman–Crippen LogP) is 10.2. The van der Waals surface area contributed by atoms with Gasteiger partial charge < -0.3 is 4.42 Å². The largest absolute Gasteiger partial charge is 0.455 e. The lowest BCUT2D eigenvalue weighted by Gasteiger charge is -2.17. The molecule has 194 valence electrons. The number of hydrogen-bond acceptors (Lipinski definition) is 2. The number of furan rings is 1. The summed E-state index contributed by atoms with van der Waals surface area (Å²) in [5.41, 5.74) is 11.6. The highest BCUT2D eigenvalue weighted by molar-refractivity contribution is 6.09. The van der Waals surface area contributed by atoms with E-state index in [9.17, 15) is 0 Å². The summed E-state index contributed by atoms with van der Waals surface area (Å²) in [6.45, 7) is 2.12. The lowest BCUT2D eigenvalue weighted by Crippen LogP contribution is -2.01. The second-order valence-electron chi connectivity index (χ2n) is 10.5. The Kier molecular flexibility index (Phi) is 5.36. The molecule has 0 fully saturated rings. The third kappa shape index (κ3) is 3.86. The van der Waals surface area contributed by atoms with E-state index in [1.54, 1.807) is 0 Å². The van der Waals surface area contributed by atoms with E-state index in [0.717, 1.165) is 66.7 Å². The maximum atomic E-state index is 6.49. The van der Waals surface area contributed by atoms with Gasteiger partial charge in [-0.05, 0) is 53.9 Å². The van der Waals surface area contributed by atoms with Crippen molar-refractivity contribution in [2.24, 2.45) is 0 Å². The number of para-hydroxylation sites is 4. The Morgan fingerprint density at radius 3 is 2.17 bits per heavy atom. The Morgan fingerprint density at radius 1 is 0.561 bits per heavy atom. The maximum absolute atomic E-state index is 6.49. The van der Waals surface area contributed by atoms with Crippen LogP contribution in [0, 0.1) is 6.92 Å². The fourth-order valence-electron chi connectivity index (χ4n) is 5.88. The van der Waals surface area contributed by atoms with Gasteiger partial charge >= 0.3 is 0 Å². The van der Waals surface area contributed by atoms with E-state index >= 15 is 0 Å². The van der Waals surface area contributed by atoms with Crippen LogP contribution in [0.3, 0.4) is 0 Å². The third-order valence-corrected chi connectivity index (χ3v) is 7.91. The molecule has 0 amide bonds. The smallest absolute Gasteiger partial charge is 0.149 e. The van der Waals surface area contributed by atoms with Crippen molar-refractivity contribution < 1.29 is 4.42 Å². The Hall–Kier alpha value is -5.41. The van der Waals surface area contributed by atoms with Crippen LogP contribution in [0.15, 0.2) is 144 Å². The average Bonchev–Trinajstić information content (AvgIpc) is 3.60. The molecule has 2 aromatic heterocycles. The molecule has 0 radical (unpaired) electrons. The van der Waals surface area contributed by atoms with Gasteiger partial charge in [0.05, 0.1) is 22.3 Å². The summed E-state index contributed by atoms with van der Waals surface area (Å²) < 4.78 is 8.80. The number of aryl methyl sites for hydroxylation is 1. The van der Waals surface area contributed by atoms with E-state index in [2.05, 4.69) is 133 Å². The first-order valence-electron chi connectivity index (χ1n) is 13.9. The van der Waals surface area contributed by atoms with Gasteiger partial charge in [0.1, 0.15) is 17.0 Å². The minimum absolute atomic E-state index is 0.848. The molecule has 0 bridgehead atoms. The molecule has 0 aliphatic carbocycles. The molecule has 41 heavy (non-hydrogen) atoms. The van der Waals surface area contributed by atoms with Gasteiger partial charge in [0.15, 0.2) is 0 Å². The van der Waals surface area contributed by atoms with Gasteiger partial charge in [0, 0.05) is 16.3 Å². The monoisotopic (exact) mass is 526 g/mol. The second-order valence-corrected chi connectivity index (χ2v) is 10.5. The summed E-state index contributed by atoms with van der Waals surface area (Å²) in [7, 11) is 0. The Bertz CT molecular complexity index is 2200. The zero-order chi connectivity index (χ0) is 27.3. The van der Waals surface area contributed by atoms with Gasteiger partial charge in [-0.15, -0.1) is 0 Å². The van der Waals surface area contributed by atoms with E-state index in [1.165, 1.54) is 11.1 Å². The van der Waals surface area contributed by atoms with Gasteiger partial charge in [-0.25, -0.2) is 4.98 Å². The first-order chi connectivity index (χ1) is 20.2. The summed E-state index contributed by atoms with van der Waals surface area (Å²) in [6.07, 6.45) is 0. The first-order valence-corrected chi connectivity index (χ1v) is 13.9. The average molecular weight is 527 g/mol. The topological polar surface area (TPSA) is 31.0 Å². The van der Waals surface area contributed by atoms with Crippen LogP contribution in [0.1, 0.15) is 5.56 Å². The summed E-state index contributed by atoms with van der Waals surface area (Å²) in [5.74, 6) is 0.856. The second kappa shape index (κ2) is 9.35. The number of hydrogen-bond donors (Lipinski definition) is 0. The molecule has 0 atom stereocenters. The first kappa shape index (κ1) is 23.5. The van der Waals surface area contributed by atoms with Gasteiger partial charge in [0.2, 0.25) is 0 Å². The maximum Gasteiger partial charge on any atom is 0.149 e. The summed E-state index contributed by atoms with van der Waals surface area (Å²) >= 11 is 0. The van der Waals surface area contributed by atoms with Crippen molar-refractivity contribution in [3.63, 3.8) is 0 Å². The van der Waals surface area contributed by atoms with Crippen molar-refractivity contribution in [3.8, 4) is 39.3 Å². The van der Waals surface area contributed by atoms with Crippen LogP contribution in [0.4, 0.5) is 0 Å². The zero-order valence-electron chi connectivity index (χ0n) is 22.6. The minimum atomic E-state index is 0.848. The lowest BCUT2D eigenvalue weighted by molar-refractivity contribution is 0.669. The van der Waals surface area contributed by atoms with Crippen LogP contribution in [0.2, 0.25) is 0 Å². The molecule has 0 N–H and O–H groups in total. The molecule has 6 aromatic carbocycles. The Morgan fingerprint density at radius 2 is 1.29 bits per heavy atom. The SMILES string of the molecule is Cc1ccc(-c2ccc(-c3ccccc3)cc2-n2c(-c3cccc4c3oc3ccccc34)nc3ccccc32)cc1. The fourth-order valence-corrected chi connectivity index (χ4v) is 5.88. The van der Waals surface area contributed by atoms with Crippen LogP contribution >= 0.6 is 0 Å². The van der Waals surface area contributed by atoms with Crippen molar-refractivity contribution in [1.82, 2.24) is 9.55 Å².